The van der Waals surface area contributed by atoms with Gasteiger partial charge in [0, 0.05) is 25.6 Å². The number of carbonyl (C=O) groups is 1. The molecule has 4 heteroatoms. The first-order valence-corrected chi connectivity index (χ1v) is 9.24. The van der Waals surface area contributed by atoms with Gasteiger partial charge in [-0.15, -0.1) is 0 Å². The Morgan fingerprint density at radius 1 is 1.15 bits per heavy atom. The van der Waals surface area contributed by atoms with Crippen LogP contribution < -0.4 is 10.5 Å². The number of rotatable bonds is 5. The van der Waals surface area contributed by atoms with Gasteiger partial charge in [-0.1, -0.05) is 62.4 Å². The van der Waals surface area contributed by atoms with Gasteiger partial charge in [-0.2, -0.15) is 0 Å². The van der Waals surface area contributed by atoms with Gasteiger partial charge >= 0.3 is 0 Å². The molecule has 1 atom stereocenters. The summed E-state index contributed by atoms with van der Waals surface area (Å²) in [6.07, 6.45) is 1.63. The van der Waals surface area contributed by atoms with Crippen LogP contribution in [0.2, 0.25) is 0 Å². The molecule has 1 unspecified atom stereocenters. The van der Waals surface area contributed by atoms with E-state index in [9.17, 15) is 4.79 Å². The van der Waals surface area contributed by atoms with Crippen LogP contribution in [0.5, 0.6) is 5.75 Å². The van der Waals surface area contributed by atoms with Gasteiger partial charge in [0.15, 0.2) is 6.61 Å². The van der Waals surface area contributed by atoms with Gasteiger partial charge < -0.3 is 15.4 Å². The van der Waals surface area contributed by atoms with Crippen LogP contribution in [0.4, 0.5) is 0 Å². The van der Waals surface area contributed by atoms with E-state index in [1.165, 1.54) is 5.56 Å². The average Bonchev–Trinajstić information content (AvgIpc) is 2.64. The van der Waals surface area contributed by atoms with Crippen LogP contribution >= 0.6 is 0 Å². The SMILES string of the molecule is CC1(C)CN(C(=O)COc2ccccc2Cc2ccccc2)CCC1N. The molecule has 1 aliphatic rings. The van der Waals surface area contributed by atoms with Crippen molar-refractivity contribution in [2.24, 2.45) is 11.1 Å². The van der Waals surface area contributed by atoms with Crippen LogP contribution in [0.25, 0.3) is 0 Å². The van der Waals surface area contributed by atoms with Crippen molar-refractivity contribution in [1.82, 2.24) is 4.90 Å². The van der Waals surface area contributed by atoms with Crippen molar-refractivity contribution >= 4 is 5.91 Å². The maximum Gasteiger partial charge on any atom is 0.260 e. The molecule has 138 valence electrons. The fourth-order valence-corrected chi connectivity index (χ4v) is 3.42. The highest BCUT2D eigenvalue weighted by molar-refractivity contribution is 5.78. The molecular formula is C22H28N2O2. The molecule has 0 saturated carbocycles. The number of carbonyl (C=O) groups excluding carboxylic acids is 1. The van der Waals surface area contributed by atoms with Crippen LogP contribution in [0.15, 0.2) is 54.6 Å². The van der Waals surface area contributed by atoms with Gasteiger partial charge in [-0.05, 0) is 29.0 Å². The van der Waals surface area contributed by atoms with Crippen molar-refractivity contribution in [3.8, 4) is 5.75 Å². The normalized spacial score (nSPS) is 19.2. The highest BCUT2D eigenvalue weighted by Gasteiger charge is 2.35. The highest BCUT2D eigenvalue weighted by Crippen LogP contribution is 2.28. The van der Waals surface area contributed by atoms with Gasteiger partial charge in [0.2, 0.25) is 0 Å². The second-order valence-corrected chi connectivity index (χ2v) is 7.76. The first kappa shape index (κ1) is 18.5. The maximum absolute atomic E-state index is 12.6. The second-order valence-electron chi connectivity index (χ2n) is 7.76. The molecule has 0 aliphatic carbocycles. The summed E-state index contributed by atoms with van der Waals surface area (Å²) in [7, 11) is 0. The van der Waals surface area contributed by atoms with Crippen LogP contribution in [0, 0.1) is 5.41 Å². The van der Waals surface area contributed by atoms with E-state index in [1.54, 1.807) is 0 Å². The van der Waals surface area contributed by atoms with E-state index in [0.717, 1.165) is 24.2 Å². The number of piperidine rings is 1. The fourth-order valence-electron chi connectivity index (χ4n) is 3.42. The van der Waals surface area contributed by atoms with E-state index < -0.39 is 0 Å². The van der Waals surface area contributed by atoms with Crippen molar-refractivity contribution in [2.75, 3.05) is 19.7 Å². The molecule has 2 aromatic rings. The van der Waals surface area contributed by atoms with Gasteiger partial charge in [-0.25, -0.2) is 0 Å². The lowest BCUT2D eigenvalue weighted by Gasteiger charge is -2.42. The number of para-hydroxylation sites is 1. The number of ether oxygens (including phenoxy) is 1. The Balaban J connectivity index is 1.62. The Hall–Kier alpha value is -2.33. The highest BCUT2D eigenvalue weighted by atomic mass is 16.5. The summed E-state index contributed by atoms with van der Waals surface area (Å²) < 4.78 is 5.90. The molecule has 2 aromatic carbocycles. The Morgan fingerprint density at radius 3 is 2.58 bits per heavy atom. The third-order valence-electron chi connectivity index (χ3n) is 5.23. The van der Waals surface area contributed by atoms with Crippen molar-refractivity contribution in [3.63, 3.8) is 0 Å². The topological polar surface area (TPSA) is 55.6 Å². The lowest BCUT2D eigenvalue weighted by Crippen LogP contribution is -2.54. The summed E-state index contributed by atoms with van der Waals surface area (Å²) in [5.41, 5.74) is 8.42. The molecule has 0 radical (unpaired) electrons. The monoisotopic (exact) mass is 352 g/mol. The first-order valence-electron chi connectivity index (χ1n) is 9.24. The number of benzene rings is 2. The van der Waals surface area contributed by atoms with Crippen LogP contribution in [-0.2, 0) is 11.2 Å². The minimum Gasteiger partial charge on any atom is -0.483 e. The van der Waals surface area contributed by atoms with E-state index in [-0.39, 0.29) is 24.0 Å². The third-order valence-corrected chi connectivity index (χ3v) is 5.23. The van der Waals surface area contributed by atoms with E-state index in [2.05, 4.69) is 32.0 Å². The quantitative estimate of drug-likeness (QED) is 0.899. The molecule has 26 heavy (non-hydrogen) atoms. The summed E-state index contributed by atoms with van der Waals surface area (Å²) in [5.74, 6) is 0.803. The standard InChI is InChI=1S/C22H28N2O2/c1-22(2)16-24(13-12-20(22)23)21(25)15-26-19-11-7-6-10-18(19)14-17-8-4-3-5-9-17/h3-11,20H,12-16,23H2,1-2H3. The lowest BCUT2D eigenvalue weighted by atomic mass is 9.80. The van der Waals surface area contributed by atoms with Crippen LogP contribution in [0.3, 0.4) is 0 Å². The summed E-state index contributed by atoms with van der Waals surface area (Å²) in [6.45, 7) is 5.69. The number of amides is 1. The minimum absolute atomic E-state index is 0.0273. The predicted octanol–water partition coefficient (Wildman–Crippen LogP) is 3.24. The van der Waals surface area contributed by atoms with Gasteiger partial charge in [0.25, 0.3) is 5.91 Å². The molecule has 1 aliphatic heterocycles. The molecule has 4 nitrogen and oxygen atoms in total. The molecule has 1 fully saturated rings. The van der Waals surface area contributed by atoms with E-state index >= 15 is 0 Å². The molecule has 1 heterocycles. The second kappa shape index (κ2) is 7.92. The number of nitrogens with two attached hydrogens (primary N) is 1. The minimum atomic E-state index is -0.0564. The molecule has 2 N–H and O–H groups in total. The van der Waals surface area contributed by atoms with Gasteiger partial charge in [0.1, 0.15) is 5.75 Å². The Kier molecular flexibility index (Phi) is 5.62. The van der Waals surface area contributed by atoms with Crippen molar-refractivity contribution in [3.05, 3.63) is 65.7 Å². The fraction of sp³-hybridized carbons (Fsp3) is 0.409. The number of likely N-dealkylation sites (tertiary alicyclic amines) is 1. The van der Waals surface area contributed by atoms with Crippen molar-refractivity contribution in [2.45, 2.75) is 32.7 Å². The molecule has 3 rings (SSSR count). The zero-order chi connectivity index (χ0) is 18.6. The molecule has 1 amide bonds. The lowest BCUT2D eigenvalue weighted by molar-refractivity contribution is -0.136. The average molecular weight is 352 g/mol. The Bertz CT molecular complexity index is 743. The Morgan fingerprint density at radius 2 is 1.85 bits per heavy atom. The summed E-state index contributed by atoms with van der Waals surface area (Å²) >= 11 is 0. The van der Waals surface area contributed by atoms with Crippen LogP contribution in [0.1, 0.15) is 31.4 Å². The molecule has 0 aromatic heterocycles. The predicted molar refractivity (Wildman–Crippen MR) is 104 cm³/mol. The van der Waals surface area contributed by atoms with Gasteiger partial charge in [0.05, 0.1) is 0 Å². The zero-order valence-corrected chi connectivity index (χ0v) is 15.7. The van der Waals surface area contributed by atoms with Crippen LogP contribution in [-0.4, -0.2) is 36.5 Å². The number of hydrogen-bond acceptors (Lipinski definition) is 3. The first-order chi connectivity index (χ1) is 12.5. The largest absolute Gasteiger partial charge is 0.483 e. The van der Waals surface area contributed by atoms with E-state index in [1.807, 2.05) is 41.3 Å². The van der Waals surface area contributed by atoms with Gasteiger partial charge in [-0.3, -0.25) is 4.79 Å². The number of hydrogen-bond donors (Lipinski definition) is 1. The summed E-state index contributed by atoms with van der Waals surface area (Å²) in [4.78, 5) is 14.5. The number of nitrogens with zero attached hydrogens (tertiary/aromatic N) is 1. The third kappa shape index (κ3) is 4.44. The van der Waals surface area contributed by atoms with E-state index in [4.69, 9.17) is 10.5 Å². The van der Waals surface area contributed by atoms with E-state index in [0.29, 0.717) is 13.1 Å². The maximum atomic E-state index is 12.6. The molecule has 0 bridgehead atoms. The molecule has 0 spiro atoms. The Labute approximate surface area is 156 Å². The smallest absolute Gasteiger partial charge is 0.260 e. The van der Waals surface area contributed by atoms with Crippen molar-refractivity contribution < 1.29 is 9.53 Å². The zero-order valence-electron chi connectivity index (χ0n) is 15.7. The molecule has 1 saturated heterocycles. The van der Waals surface area contributed by atoms with Crippen molar-refractivity contribution in [1.29, 1.82) is 0 Å². The summed E-state index contributed by atoms with van der Waals surface area (Å²) in [5, 5.41) is 0. The summed E-state index contributed by atoms with van der Waals surface area (Å²) in [6, 6.07) is 18.3. The molecular weight excluding hydrogens is 324 g/mol.